The summed E-state index contributed by atoms with van der Waals surface area (Å²) in [4.78, 5) is 15.2. The second-order valence-electron chi connectivity index (χ2n) is 8.61. The summed E-state index contributed by atoms with van der Waals surface area (Å²) in [7, 11) is -3.62. The molecule has 0 spiro atoms. The Morgan fingerprint density at radius 1 is 1.00 bits per heavy atom. The van der Waals surface area contributed by atoms with E-state index in [4.69, 9.17) is 4.74 Å². The molecule has 1 amide bonds. The first-order valence-electron chi connectivity index (χ1n) is 11.2. The molecule has 2 fully saturated rings. The highest BCUT2D eigenvalue weighted by atomic mass is 32.2. The third kappa shape index (κ3) is 4.98. The van der Waals surface area contributed by atoms with Gasteiger partial charge in [0.2, 0.25) is 10.0 Å². The standard InChI is InChI=1S/C24H31N3O4S/c1-18-16-27(17-19(2)31-18)32(29,30)22-11-9-20(10-12-22)24(28)25-15-21-7-3-4-8-23(21)26-13-5-6-14-26/h3-4,7-12,18-19H,5-6,13-17H2,1-2H3,(H,25,28). The van der Waals surface area contributed by atoms with Gasteiger partial charge < -0.3 is 15.0 Å². The molecular weight excluding hydrogens is 426 g/mol. The first-order chi connectivity index (χ1) is 15.3. The van der Waals surface area contributed by atoms with Crippen LogP contribution in [0.1, 0.15) is 42.6 Å². The lowest BCUT2D eigenvalue weighted by Gasteiger charge is -2.34. The summed E-state index contributed by atoms with van der Waals surface area (Å²) in [5.41, 5.74) is 2.68. The predicted octanol–water partition coefficient (Wildman–Crippen LogP) is 3.01. The molecule has 7 nitrogen and oxygen atoms in total. The lowest BCUT2D eigenvalue weighted by Crippen LogP contribution is -2.48. The maximum Gasteiger partial charge on any atom is 0.251 e. The molecule has 8 heteroatoms. The number of hydrogen-bond donors (Lipinski definition) is 1. The van der Waals surface area contributed by atoms with E-state index in [1.54, 1.807) is 12.1 Å². The molecule has 0 aromatic heterocycles. The van der Waals surface area contributed by atoms with Crippen LogP contribution < -0.4 is 10.2 Å². The van der Waals surface area contributed by atoms with Crippen LogP contribution in [0, 0.1) is 0 Å². The van der Waals surface area contributed by atoms with E-state index in [-0.39, 0.29) is 23.0 Å². The summed E-state index contributed by atoms with van der Waals surface area (Å²) in [6, 6.07) is 14.3. The predicted molar refractivity (Wildman–Crippen MR) is 124 cm³/mol. The molecule has 32 heavy (non-hydrogen) atoms. The molecule has 172 valence electrons. The molecule has 2 unspecified atom stereocenters. The van der Waals surface area contributed by atoms with Crippen LogP contribution in [0.15, 0.2) is 53.4 Å². The molecule has 2 saturated heterocycles. The van der Waals surface area contributed by atoms with Gasteiger partial charge >= 0.3 is 0 Å². The van der Waals surface area contributed by atoms with Gasteiger partial charge in [0.1, 0.15) is 0 Å². The molecule has 0 aliphatic carbocycles. The fourth-order valence-corrected chi connectivity index (χ4v) is 6.05. The third-order valence-corrected chi connectivity index (χ3v) is 7.86. The van der Waals surface area contributed by atoms with Crippen LogP contribution in [-0.2, 0) is 21.3 Å². The lowest BCUT2D eigenvalue weighted by molar-refractivity contribution is -0.0440. The van der Waals surface area contributed by atoms with Crippen molar-refractivity contribution in [3.05, 3.63) is 59.7 Å². The van der Waals surface area contributed by atoms with Gasteiger partial charge in [-0.25, -0.2) is 8.42 Å². The number of para-hydroxylation sites is 1. The fraction of sp³-hybridized carbons (Fsp3) is 0.458. The minimum absolute atomic E-state index is 0.151. The number of hydrogen-bond acceptors (Lipinski definition) is 5. The van der Waals surface area contributed by atoms with Crippen molar-refractivity contribution in [3.8, 4) is 0 Å². The van der Waals surface area contributed by atoms with Crippen LogP contribution in [-0.4, -0.2) is 57.0 Å². The minimum atomic E-state index is -3.62. The zero-order chi connectivity index (χ0) is 22.7. The Morgan fingerprint density at radius 3 is 2.28 bits per heavy atom. The van der Waals surface area contributed by atoms with Gasteiger partial charge in [-0.15, -0.1) is 0 Å². The molecule has 0 bridgehead atoms. The number of carbonyl (C=O) groups excluding carboxylic acids is 1. The van der Waals surface area contributed by atoms with Crippen molar-refractivity contribution in [2.24, 2.45) is 0 Å². The molecule has 2 aromatic carbocycles. The Labute approximate surface area is 190 Å². The highest BCUT2D eigenvalue weighted by Gasteiger charge is 2.32. The van der Waals surface area contributed by atoms with Crippen LogP contribution in [0.2, 0.25) is 0 Å². The Bertz CT molecular complexity index is 1040. The van der Waals surface area contributed by atoms with Crippen LogP contribution in [0.25, 0.3) is 0 Å². The lowest BCUT2D eigenvalue weighted by atomic mass is 10.1. The number of nitrogens with one attached hydrogen (secondary N) is 1. The molecule has 2 aliphatic rings. The minimum Gasteiger partial charge on any atom is -0.373 e. The molecule has 2 heterocycles. The Kier molecular flexibility index (Phi) is 6.83. The number of carbonyl (C=O) groups is 1. The van der Waals surface area contributed by atoms with E-state index in [9.17, 15) is 13.2 Å². The number of amides is 1. The molecular formula is C24H31N3O4S. The van der Waals surface area contributed by atoms with E-state index in [1.807, 2.05) is 32.0 Å². The molecule has 1 N–H and O–H groups in total. The van der Waals surface area contributed by atoms with E-state index in [1.165, 1.54) is 35.0 Å². The van der Waals surface area contributed by atoms with Crippen LogP contribution in [0.5, 0.6) is 0 Å². The topological polar surface area (TPSA) is 79.0 Å². The van der Waals surface area contributed by atoms with E-state index in [0.29, 0.717) is 25.2 Å². The third-order valence-electron chi connectivity index (χ3n) is 6.02. The van der Waals surface area contributed by atoms with Gasteiger partial charge in [-0.2, -0.15) is 4.31 Å². The van der Waals surface area contributed by atoms with Crippen molar-refractivity contribution in [2.45, 2.75) is 50.3 Å². The Morgan fingerprint density at radius 2 is 1.62 bits per heavy atom. The second kappa shape index (κ2) is 9.60. The van der Waals surface area contributed by atoms with Gasteiger partial charge in [-0.1, -0.05) is 18.2 Å². The molecule has 0 saturated carbocycles. The average Bonchev–Trinajstić information content (AvgIpc) is 3.32. The normalized spacial score (nSPS) is 22.1. The van der Waals surface area contributed by atoms with Crippen molar-refractivity contribution in [1.82, 2.24) is 9.62 Å². The van der Waals surface area contributed by atoms with Gasteiger partial charge in [0, 0.05) is 44.0 Å². The number of anilines is 1. The number of ether oxygens (including phenoxy) is 1. The molecule has 2 aromatic rings. The van der Waals surface area contributed by atoms with Gasteiger partial charge in [0.05, 0.1) is 17.1 Å². The van der Waals surface area contributed by atoms with Crippen LogP contribution >= 0.6 is 0 Å². The van der Waals surface area contributed by atoms with Crippen molar-refractivity contribution in [1.29, 1.82) is 0 Å². The molecule has 2 atom stereocenters. The van der Waals surface area contributed by atoms with Crippen LogP contribution in [0.3, 0.4) is 0 Å². The smallest absolute Gasteiger partial charge is 0.251 e. The van der Waals surface area contributed by atoms with Crippen molar-refractivity contribution < 1.29 is 17.9 Å². The molecule has 4 rings (SSSR count). The maximum absolute atomic E-state index is 13.0. The number of nitrogens with zero attached hydrogens (tertiary/aromatic N) is 2. The van der Waals surface area contributed by atoms with Gasteiger partial charge in [-0.3, -0.25) is 4.79 Å². The van der Waals surface area contributed by atoms with Gasteiger partial charge in [0.15, 0.2) is 0 Å². The summed E-state index contributed by atoms with van der Waals surface area (Å²) in [6.45, 7) is 6.90. The highest BCUT2D eigenvalue weighted by molar-refractivity contribution is 7.89. The molecule has 2 aliphatic heterocycles. The molecule has 0 radical (unpaired) electrons. The van der Waals surface area contributed by atoms with Crippen molar-refractivity contribution in [3.63, 3.8) is 0 Å². The number of rotatable bonds is 6. The number of benzene rings is 2. The Hall–Kier alpha value is -2.42. The number of morpholine rings is 1. The summed E-state index contributed by atoms with van der Waals surface area (Å²) in [6.07, 6.45) is 2.08. The largest absolute Gasteiger partial charge is 0.373 e. The van der Waals surface area contributed by atoms with E-state index in [2.05, 4.69) is 16.3 Å². The SMILES string of the molecule is CC1CN(S(=O)(=O)c2ccc(C(=O)NCc3ccccc3N3CCCC3)cc2)CC(C)O1. The van der Waals surface area contributed by atoms with Crippen LogP contribution in [0.4, 0.5) is 5.69 Å². The zero-order valence-corrected chi connectivity index (χ0v) is 19.5. The van der Waals surface area contributed by atoms with E-state index in [0.717, 1.165) is 18.7 Å². The van der Waals surface area contributed by atoms with E-state index < -0.39 is 10.0 Å². The monoisotopic (exact) mass is 457 g/mol. The number of sulfonamides is 1. The summed E-state index contributed by atoms with van der Waals surface area (Å²) >= 11 is 0. The summed E-state index contributed by atoms with van der Waals surface area (Å²) in [5.74, 6) is -0.223. The first-order valence-corrected chi connectivity index (χ1v) is 12.7. The Balaban J connectivity index is 1.42. The maximum atomic E-state index is 13.0. The first kappa shape index (κ1) is 22.8. The zero-order valence-electron chi connectivity index (χ0n) is 18.7. The van der Waals surface area contributed by atoms with Crippen molar-refractivity contribution in [2.75, 3.05) is 31.1 Å². The summed E-state index contributed by atoms with van der Waals surface area (Å²) in [5, 5.41) is 2.97. The second-order valence-corrected chi connectivity index (χ2v) is 10.5. The fourth-order valence-electron chi connectivity index (χ4n) is 4.46. The van der Waals surface area contributed by atoms with Gasteiger partial charge in [-0.05, 0) is 62.6 Å². The van der Waals surface area contributed by atoms with E-state index >= 15 is 0 Å². The van der Waals surface area contributed by atoms with Gasteiger partial charge in [0.25, 0.3) is 5.91 Å². The average molecular weight is 458 g/mol. The highest BCUT2D eigenvalue weighted by Crippen LogP contribution is 2.25. The summed E-state index contributed by atoms with van der Waals surface area (Å²) < 4.78 is 33.1. The quantitative estimate of drug-likeness (QED) is 0.721. The van der Waals surface area contributed by atoms with Crippen molar-refractivity contribution >= 4 is 21.6 Å².